The topological polar surface area (TPSA) is 57.5 Å². The third-order valence-electron chi connectivity index (χ3n) is 2.25. The lowest BCUT2D eigenvalue weighted by Gasteiger charge is -2.12. The third kappa shape index (κ3) is 4.79. The molecule has 0 spiro atoms. The van der Waals surface area contributed by atoms with Crippen LogP contribution in [-0.4, -0.2) is 39.7 Å². The van der Waals surface area contributed by atoms with Crippen LogP contribution in [0.3, 0.4) is 0 Å². The van der Waals surface area contributed by atoms with Gasteiger partial charge in [0.25, 0.3) is 0 Å². The molecule has 0 aliphatic heterocycles. The van der Waals surface area contributed by atoms with E-state index < -0.39 is 6.10 Å². The molecule has 1 aromatic rings. The number of halogens is 1. The van der Waals surface area contributed by atoms with E-state index in [1.807, 2.05) is 12.1 Å². The number of benzene rings is 1. The summed E-state index contributed by atoms with van der Waals surface area (Å²) < 4.78 is 0.935. The number of ketones is 1. The normalized spacial score (nSPS) is 14.4. The van der Waals surface area contributed by atoms with Gasteiger partial charge in [0, 0.05) is 15.8 Å². The van der Waals surface area contributed by atoms with Crippen LogP contribution in [0.1, 0.15) is 17.3 Å². The average Bonchev–Trinajstić information content (AvgIpc) is 2.35. The lowest BCUT2D eigenvalue weighted by atomic mass is 10.1. The van der Waals surface area contributed by atoms with Crippen LogP contribution in [0.2, 0.25) is 0 Å². The summed E-state index contributed by atoms with van der Waals surface area (Å²) in [6.07, 6.45) is -0.764. The van der Waals surface area contributed by atoms with Crippen molar-refractivity contribution in [3.8, 4) is 0 Å². The van der Waals surface area contributed by atoms with E-state index in [1.54, 1.807) is 19.1 Å². The highest BCUT2D eigenvalue weighted by Crippen LogP contribution is 2.18. The molecule has 2 unspecified atom stereocenters. The summed E-state index contributed by atoms with van der Waals surface area (Å²) in [5.41, 5.74) is 0.659. The molecule has 5 heteroatoms. The van der Waals surface area contributed by atoms with Crippen LogP contribution in [0.4, 0.5) is 0 Å². The first-order valence-electron chi connectivity index (χ1n) is 5.25. The first-order valence-corrected chi connectivity index (χ1v) is 7.09. The van der Waals surface area contributed by atoms with Gasteiger partial charge in [0.1, 0.15) is 0 Å². The number of hydrogen-bond donors (Lipinski definition) is 2. The standard InChI is InChI=1S/C12H15BrO3S/c1-8(17-7-11(15)6-14)12(16)9-2-4-10(13)5-3-9/h2-5,8,11,14-15H,6-7H2,1H3. The van der Waals surface area contributed by atoms with Crippen LogP contribution in [0.5, 0.6) is 0 Å². The molecule has 0 heterocycles. The first-order chi connectivity index (χ1) is 8.04. The van der Waals surface area contributed by atoms with E-state index in [-0.39, 0.29) is 17.6 Å². The summed E-state index contributed by atoms with van der Waals surface area (Å²) in [5, 5.41) is 17.7. The molecule has 0 radical (unpaired) electrons. The Bertz CT molecular complexity index is 367. The number of thioether (sulfide) groups is 1. The minimum absolute atomic E-state index is 0.0349. The van der Waals surface area contributed by atoms with Gasteiger partial charge in [-0.3, -0.25) is 4.79 Å². The van der Waals surface area contributed by atoms with E-state index in [4.69, 9.17) is 5.11 Å². The number of hydrogen-bond acceptors (Lipinski definition) is 4. The number of Topliss-reactive ketones (excluding diaryl/α,β-unsaturated/α-hetero) is 1. The van der Waals surface area contributed by atoms with Gasteiger partial charge in [-0.1, -0.05) is 28.1 Å². The highest BCUT2D eigenvalue weighted by molar-refractivity contribution is 9.10. The van der Waals surface area contributed by atoms with Crippen molar-refractivity contribution in [3.05, 3.63) is 34.3 Å². The van der Waals surface area contributed by atoms with Gasteiger partial charge in [-0.25, -0.2) is 0 Å². The van der Waals surface area contributed by atoms with Gasteiger partial charge in [0.15, 0.2) is 5.78 Å². The summed E-state index contributed by atoms with van der Waals surface area (Å²) in [6.45, 7) is 1.53. The molecule has 0 saturated heterocycles. The fourth-order valence-electron chi connectivity index (χ4n) is 1.23. The molecule has 1 rings (SSSR count). The maximum atomic E-state index is 12.0. The Morgan fingerprint density at radius 3 is 2.53 bits per heavy atom. The van der Waals surface area contributed by atoms with E-state index in [0.717, 1.165) is 4.47 Å². The van der Waals surface area contributed by atoms with Gasteiger partial charge in [-0.05, 0) is 19.1 Å². The Balaban J connectivity index is 2.54. The monoisotopic (exact) mass is 318 g/mol. The molecular weight excluding hydrogens is 304 g/mol. The van der Waals surface area contributed by atoms with E-state index in [0.29, 0.717) is 11.3 Å². The van der Waals surface area contributed by atoms with Crippen LogP contribution < -0.4 is 0 Å². The van der Waals surface area contributed by atoms with Gasteiger partial charge in [-0.2, -0.15) is 0 Å². The predicted octanol–water partition coefficient (Wildman–Crippen LogP) is 2.11. The molecule has 2 N–H and O–H groups in total. The fraction of sp³-hybridized carbons (Fsp3) is 0.417. The summed E-state index contributed by atoms with van der Waals surface area (Å²) in [5.74, 6) is 0.396. The van der Waals surface area contributed by atoms with Crippen molar-refractivity contribution in [1.29, 1.82) is 0 Å². The third-order valence-corrected chi connectivity index (χ3v) is 4.07. The first kappa shape index (κ1) is 14.7. The van der Waals surface area contributed by atoms with E-state index in [1.165, 1.54) is 11.8 Å². The van der Waals surface area contributed by atoms with Gasteiger partial charge >= 0.3 is 0 Å². The SMILES string of the molecule is CC(SCC(O)CO)C(=O)c1ccc(Br)cc1. The van der Waals surface area contributed by atoms with E-state index in [9.17, 15) is 9.90 Å². The average molecular weight is 319 g/mol. The second kappa shape index (κ2) is 7.16. The molecule has 0 saturated carbocycles. The van der Waals surface area contributed by atoms with E-state index >= 15 is 0 Å². The maximum Gasteiger partial charge on any atom is 0.175 e. The number of aliphatic hydroxyl groups is 2. The Morgan fingerprint density at radius 1 is 1.41 bits per heavy atom. The molecule has 0 fully saturated rings. The van der Waals surface area contributed by atoms with Crippen molar-refractivity contribution in [2.45, 2.75) is 18.3 Å². The second-order valence-electron chi connectivity index (χ2n) is 3.68. The van der Waals surface area contributed by atoms with Crippen molar-refractivity contribution in [3.63, 3.8) is 0 Å². The molecule has 1 aromatic carbocycles. The number of carbonyl (C=O) groups is 1. The molecule has 0 aromatic heterocycles. The molecular formula is C12H15BrO3S. The molecule has 17 heavy (non-hydrogen) atoms. The van der Waals surface area contributed by atoms with Crippen LogP contribution in [-0.2, 0) is 0 Å². The lowest BCUT2D eigenvalue weighted by molar-refractivity contribution is 0.0992. The Hall–Kier alpha value is -0.360. The van der Waals surface area contributed by atoms with Gasteiger partial charge < -0.3 is 10.2 Å². The zero-order chi connectivity index (χ0) is 12.8. The summed E-state index contributed by atoms with van der Waals surface area (Å²) in [7, 11) is 0. The van der Waals surface area contributed by atoms with Crippen molar-refractivity contribution in [2.75, 3.05) is 12.4 Å². The molecule has 0 aliphatic rings. The molecule has 0 bridgehead atoms. The van der Waals surface area contributed by atoms with E-state index in [2.05, 4.69) is 15.9 Å². The van der Waals surface area contributed by atoms with Crippen LogP contribution in [0.25, 0.3) is 0 Å². The Labute approximate surface area is 113 Å². The van der Waals surface area contributed by atoms with Crippen LogP contribution >= 0.6 is 27.7 Å². The fourth-order valence-corrected chi connectivity index (χ4v) is 2.40. The van der Waals surface area contributed by atoms with Gasteiger partial charge in [0.05, 0.1) is 18.0 Å². The smallest absolute Gasteiger partial charge is 0.175 e. The van der Waals surface area contributed by atoms with Crippen LogP contribution in [0, 0.1) is 0 Å². The van der Waals surface area contributed by atoms with Gasteiger partial charge in [-0.15, -0.1) is 11.8 Å². The quantitative estimate of drug-likeness (QED) is 0.789. The number of rotatable bonds is 6. The maximum absolute atomic E-state index is 12.0. The molecule has 3 nitrogen and oxygen atoms in total. The molecule has 94 valence electrons. The van der Waals surface area contributed by atoms with Crippen molar-refractivity contribution >= 4 is 33.5 Å². The largest absolute Gasteiger partial charge is 0.394 e. The van der Waals surface area contributed by atoms with Crippen molar-refractivity contribution in [2.24, 2.45) is 0 Å². The molecule has 0 aliphatic carbocycles. The lowest BCUT2D eigenvalue weighted by Crippen LogP contribution is -2.20. The van der Waals surface area contributed by atoms with Crippen LogP contribution in [0.15, 0.2) is 28.7 Å². The summed E-state index contributed by atoms with van der Waals surface area (Å²) in [4.78, 5) is 12.0. The van der Waals surface area contributed by atoms with Crippen molar-refractivity contribution in [1.82, 2.24) is 0 Å². The minimum atomic E-state index is -0.764. The summed E-state index contributed by atoms with van der Waals surface area (Å²) >= 11 is 4.66. The Morgan fingerprint density at radius 2 is 2.00 bits per heavy atom. The second-order valence-corrected chi connectivity index (χ2v) is 5.97. The van der Waals surface area contributed by atoms with Gasteiger partial charge in [0.2, 0.25) is 0 Å². The zero-order valence-corrected chi connectivity index (χ0v) is 11.9. The number of aliphatic hydroxyl groups excluding tert-OH is 2. The highest BCUT2D eigenvalue weighted by atomic mass is 79.9. The van der Waals surface area contributed by atoms with Crippen molar-refractivity contribution < 1.29 is 15.0 Å². The molecule has 0 amide bonds. The minimum Gasteiger partial charge on any atom is -0.394 e. The summed E-state index contributed by atoms with van der Waals surface area (Å²) in [6, 6.07) is 7.19. The predicted molar refractivity (Wildman–Crippen MR) is 73.5 cm³/mol. The number of carbonyl (C=O) groups excluding carboxylic acids is 1. The molecule has 2 atom stereocenters. The highest BCUT2D eigenvalue weighted by Gasteiger charge is 2.16. The zero-order valence-electron chi connectivity index (χ0n) is 9.47. The Kier molecular flexibility index (Phi) is 6.19.